The van der Waals surface area contributed by atoms with Crippen molar-refractivity contribution in [1.29, 1.82) is 0 Å². The fourth-order valence-electron chi connectivity index (χ4n) is 4.32. The first-order chi connectivity index (χ1) is 15.2. The summed E-state index contributed by atoms with van der Waals surface area (Å²) < 4.78 is 0. The predicted molar refractivity (Wildman–Crippen MR) is 130 cm³/mol. The number of rotatable bonds is 8. The van der Waals surface area contributed by atoms with E-state index in [4.69, 9.17) is 9.97 Å². The number of para-hydroxylation sites is 1. The first-order valence-corrected chi connectivity index (χ1v) is 12.4. The highest BCUT2D eigenvalue weighted by molar-refractivity contribution is 7.13. The zero-order chi connectivity index (χ0) is 21.6. The summed E-state index contributed by atoms with van der Waals surface area (Å²) in [6.07, 6.45) is 7.50. The van der Waals surface area contributed by atoms with Gasteiger partial charge in [0.25, 0.3) is 0 Å². The van der Waals surface area contributed by atoms with Crippen molar-refractivity contribution in [2.24, 2.45) is 0 Å². The number of carbonyl (C=O) groups is 1. The summed E-state index contributed by atoms with van der Waals surface area (Å²) in [6.45, 7) is 4.83. The van der Waals surface area contributed by atoms with Crippen molar-refractivity contribution in [2.45, 2.75) is 70.9 Å². The minimum Gasteiger partial charge on any atom is -0.354 e. The third kappa shape index (κ3) is 5.24. The van der Waals surface area contributed by atoms with Crippen molar-refractivity contribution in [3.05, 3.63) is 41.8 Å². The van der Waals surface area contributed by atoms with Crippen molar-refractivity contribution >= 4 is 34.0 Å². The number of carbonyl (C=O) groups excluding carboxylic acids is 1. The van der Waals surface area contributed by atoms with Crippen LogP contribution in [0.5, 0.6) is 0 Å². The summed E-state index contributed by atoms with van der Waals surface area (Å²) >= 11 is 1.66. The van der Waals surface area contributed by atoms with E-state index in [2.05, 4.69) is 53.7 Å². The van der Waals surface area contributed by atoms with Crippen molar-refractivity contribution in [1.82, 2.24) is 15.3 Å². The molecular weight excluding hydrogens is 404 g/mol. The quantitative estimate of drug-likeness (QED) is 0.485. The molecule has 1 amide bonds. The second-order valence-corrected chi connectivity index (χ2v) is 9.43. The number of fused-ring (bicyclic) bond motifs is 1. The molecule has 1 atom stereocenters. The predicted octanol–water partition coefficient (Wildman–Crippen LogP) is 5.80. The van der Waals surface area contributed by atoms with E-state index < -0.39 is 0 Å². The van der Waals surface area contributed by atoms with Crippen LogP contribution in [0.4, 0.5) is 5.82 Å². The molecule has 1 aliphatic carbocycles. The van der Waals surface area contributed by atoms with Gasteiger partial charge in [0, 0.05) is 30.4 Å². The summed E-state index contributed by atoms with van der Waals surface area (Å²) in [5.74, 6) is 1.86. The monoisotopic (exact) mass is 436 g/mol. The Morgan fingerprint density at radius 1 is 1.16 bits per heavy atom. The van der Waals surface area contributed by atoms with Gasteiger partial charge in [0.1, 0.15) is 5.82 Å². The SMILES string of the molecule is CCC(C)NC(=O)CCN(c1nc(-c2cccs2)nc2ccccc12)C1CCCCC1. The van der Waals surface area contributed by atoms with Gasteiger partial charge in [0.2, 0.25) is 5.91 Å². The Balaban J connectivity index is 1.70. The second kappa shape index (κ2) is 10.2. The molecule has 1 fully saturated rings. The van der Waals surface area contributed by atoms with Crippen molar-refractivity contribution in [3.8, 4) is 10.7 Å². The third-order valence-corrected chi connectivity index (χ3v) is 7.08. The molecule has 1 aliphatic rings. The summed E-state index contributed by atoms with van der Waals surface area (Å²) in [7, 11) is 0. The van der Waals surface area contributed by atoms with Crippen LogP contribution in [0.2, 0.25) is 0 Å². The molecule has 0 radical (unpaired) electrons. The molecule has 1 saturated carbocycles. The summed E-state index contributed by atoms with van der Waals surface area (Å²) in [4.78, 5) is 26.0. The average molecular weight is 437 g/mol. The van der Waals surface area contributed by atoms with E-state index in [0.717, 1.165) is 46.7 Å². The molecule has 0 aliphatic heterocycles. The molecule has 0 bridgehead atoms. The first kappa shape index (κ1) is 21.8. The lowest BCUT2D eigenvalue weighted by molar-refractivity contribution is -0.121. The van der Waals surface area contributed by atoms with Crippen molar-refractivity contribution in [2.75, 3.05) is 11.4 Å². The minimum atomic E-state index is 0.118. The fraction of sp³-hybridized carbons (Fsp3) is 0.480. The van der Waals surface area contributed by atoms with E-state index in [0.29, 0.717) is 19.0 Å². The van der Waals surface area contributed by atoms with E-state index in [1.807, 2.05) is 12.1 Å². The van der Waals surface area contributed by atoms with Crippen molar-refractivity contribution < 1.29 is 4.79 Å². The molecule has 2 heterocycles. The number of nitrogens with zero attached hydrogens (tertiary/aromatic N) is 3. The largest absolute Gasteiger partial charge is 0.354 e. The topological polar surface area (TPSA) is 58.1 Å². The second-order valence-electron chi connectivity index (χ2n) is 8.48. The van der Waals surface area contributed by atoms with Crippen LogP contribution in [0.25, 0.3) is 21.6 Å². The minimum absolute atomic E-state index is 0.118. The standard InChI is InChI=1S/C25H32N4OS/c1-3-18(2)26-23(30)15-16-29(19-10-5-4-6-11-19)25-20-12-7-8-13-21(20)27-24(28-25)22-14-9-17-31-22/h7-9,12-14,17-19H,3-6,10-11,15-16H2,1-2H3,(H,26,30). The highest BCUT2D eigenvalue weighted by Crippen LogP contribution is 2.33. The van der Waals surface area contributed by atoms with Gasteiger partial charge in [0.05, 0.1) is 10.4 Å². The number of thiophene rings is 1. The maximum atomic E-state index is 12.6. The maximum Gasteiger partial charge on any atom is 0.221 e. The smallest absolute Gasteiger partial charge is 0.221 e. The Bertz CT molecular complexity index is 998. The van der Waals surface area contributed by atoms with E-state index in [1.165, 1.54) is 19.3 Å². The van der Waals surface area contributed by atoms with Crippen LogP contribution in [0.1, 0.15) is 58.8 Å². The average Bonchev–Trinajstić information content (AvgIpc) is 3.34. The van der Waals surface area contributed by atoms with Gasteiger partial charge in [-0.05, 0) is 49.8 Å². The van der Waals surface area contributed by atoms with E-state index in [9.17, 15) is 4.79 Å². The van der Waals surface area contributed by atoms with E-state index in [1.54, 1.807) is 11.3 Å². The summed E-state index contributed by atoms with van der Waals surface area (Å²) in [5.41, 5.74) is 0.959. The Labute approximate surface area is 188 Å². The highest BCUT2D eigenvalue weighted by atomic mass is 32.1. The van der Waals surface area contributed by atoms with Crippen LogP contribution in [0, 0.1) is 0 Å². The van der Waals surface area contributed by atoms with Crippen LogP contribution in [0.15, 0.2) is 41.8 Å². The lowest BCUT2D eigenvalue weighted by Gasteiger charge is -2.36. The molecule has 1 aromatic carbocycles. The number of benzene rings is 1. The molecule has 31 heavy (non-hydrogen) atoms. The molecule has 2 aromatic heterocycles. The van der Waals surface area contributed by atoms with Crippen LogP contribution in [-0.2, 0) is 4.79 Å². The molecular formula is C25H32N4OS. The molecule has 164 valence electrons. The molecule has 3 aromatic rings. The van der Waals surface area contributed by atoms with Gasteiger partial charge >= 0.3 is 0 Å². The van der Waals surface area contributed by atoms with Crippen LogP contribution >= 0.6 is 11.3 Å². The number of aromatic nitrogens is 2. The maximum absolute atomic E-state index is 12.6. The fourth-order valence-corrected chi connectivity index (χ4v) is 4.98. The highest BCUT2D eigenvalue weighted by Gasteiger charge is 2.25. The zero-order valence-corrected chi connectivity index (χ0v) is 19.3. The van der Waals surface area contributed by atoms with Gasteiger partial charge in [-0.25, -0.2) is 9.97 Å². The lowest BCUT2D eigenvalue weighted by Crippen LogP contribution is -2.41. The Morgan fingerprint density at radius 2 is 1.97 bits per heavy atom. The molecule has 5 nitrogen and oxygen atoms in total. The van der Waals surface area contributed by atoms with Gasteiger partial charge in [-0.2, -0.15) is 0 Å². The van der Waals surface area contributed by atoms with Crippen LogP contribution < -0.4 is 10.2 Å². The number of anilines is 1. The molecule has 4 rings (SSSR count). The number of amides is 1. The van der Waals surface area contributed by atoms with Gasteiger partial charge < -0.3 is 10.2 Å². The Morgan fingerprint density at radius 3 is 2.71 bits per heavy atom. The molecule has 1 unspecified atom stereocenters. The van der Waals surface area contributed by atoms with E-state index >= 15 is 0 Å². The molecule has 1 N–H and O–H groups in total. The zero-order valence-electron chi connectivity index (χ0n) is 18.5. The number of nitrogens with one attached hydrogen (secondary N) is 1. The summed E-state index contributed by atoms with van der Waals surface area (Å²) in [6, 6.07) is 13.0. The van der Waals surface area contributed by atoms with Gasteiger partial charge in [-0.3, -0.25) is 4.79 Å². The van der Waals surface area contributed by atoms with Gasteiger partial charge in [0.15, 0.2) is 5.82 Å². The van der Waals surface area contributed by atoms with Gasteiger partial charge in [-0.15, -0.1) is 11.3 Å². The first-order valence-electron chi connectivity index (χ1n) is 11.5. The molecule has 0 spiro atoms. The molecule has 0 saturated heterocycles. The van der Waals surface area contributed by atoms with Crippen molar-refractivity contribution in [3.63, 3.8) is 0 Å². The van der Waals surface area contributed by atoms with Gasteiger partial charge in [-0.1, -0.05) is 44.4 Å². The number of hydrogen-bond acceptors (Lipinski definition) is 5. The summed E-state index contributed by atoms with van der Waals surface area (Å²) in [5, 5.41) is 6.24. The third-order valence-electron chi connectivity index (χ3n) is 6.21. The normalized spacial score (nSPS) is 15.7. The van der Waals surface area contributed by atoms with Crippen LogP contribution in [-0.4, -0.2) is 34.5 Å². The Kier molecular flexibility index (Phi) is 7.17. The Hall–Kier alpha value is -2.47. The number of hydrogen-bond donors (Lipinski definition) is 1. The van der Waals surface area contributed by atoms with Crippen LogP contribution in [0.3, 0.4) is 0 Å². The lowest BCUT2D eigenvalue weighted by atomic mass is 9.93. The van der Waals surface area contributed by atoms with E-state index in [-0.39, 0.29) is 11.9 Å². The molecule has 6 heteroatoms.